The average Bonchev–Trinajstić information content (AvgIpc) is 2.88. The highest BCUT2D eigenvalue weighted by molar-refractivity contribution is 7.90. The van der Waals surface area contributed by atoms with E-state index in [0.29, 0.717) is 12.1 Å². The summed E-state index contributed by atoms with van der Waals surface area (Å²) in [5.41, 5.74) is 1.25. The number of benzene rings is 2. The van der Waals surface area contributed by atoms with Crippen LogP contribution < -0.4 is 25.4 Å². The van der Waals surface area contributed by atoms with Crippen LogP contribution in [0.2, 0.25) is 5.02 Å². The molecule has 12 heteroatoms. The molecule has 1 aliphatic carbocycles. The number of carbonyl (C=O) groups excluding carboxylic acids is 3. The molecular formula is C27H35ClN4O6S. The number of hydrogen-bond donors (Lipinski definition) is 4. The molecule has 0 aliphatic heterocycles. The Morgan fingerprint density at radius 2 is 1.72 bits per heavy atom. The Morgan fingerprint density at radius 3 is 2.33 bits per heavy atom. The second-order valence-corrected chi connectivity index (χ2v) is 11.9. The molecule has 0 aromatic heterocycles. The summed E-state index contributed by atoms with van der Waals surface area (Å²) in [6, 6.07) is 8.31. The van der Waals surface area contributed by atoms with Gasteiger partial charge in [-0.05, 0) is 49.1 Å². The van der Waals surface area contributed by atoms with Crippen LogP contribution in [0.1, 0.15) is 61.9 Å². The Morgan fingerprint density at radius 1 is 1.05 bits per heavy atom. The molecule has 1 aliphatic rings. The summed E-state index contributed by atoms with van der Waals surface area (Å²) >= 11 is 6.18. The highest BCUT2D eigenvalue weighted by atomic mass is 35.5. The summed E-state index contributed by atoms with van der Waals surface area (Å²) in [4.78, 5) is 37.2. The second kappa shape index (κ2) is 13.7. The lowest BCUT2D eigenvalue weighted by molar-refractivity contribution is -0.118. The molecule has 3 rings (SSSR count). The van der Waals surface area contributed by atoms with Gasteiger partial charge in [-0.3, -0.25) is 9.59 Å². The summed E-state index contributed by atoms with van der Waals surface area (Å²) in [6.07, 6.45) is 5.27. The van der Waals surface area contributed by atoms with E-state index in [0.717, 1.165) is 37.7 Å². The molecule has 0 atom stereocenters. The number of rotatable bonds is 10. The maximum absolute atomic E-state index is 12.9. The van der Waals surface area contributed by atoms with Crippen molar-refractivity contribution >= 4 is 45.2 Å². The van der Waals surface area contributed by atoms with Crippen molar-refractivity contribution in [2.24, 2.45) is 5.92 Å². The van der Waals surface area contributed by atoms with E-state index in [9.17, 15) is 22.8 Å². The highest BCUT2D eigenvalue weighted by Gasteiger charge is 2.22. The van der Waals surface area contributed by atoms with E-state index >= 15 is 0 Å². The lowest BCUT2D eigenvalue weighted by Crippen LogP contribution is -2.45. The number of sulfonamides is 1. The third-order valence-corrected chi connectivity index (χ3v) is 7.95. The number of carbonyl (C=O) groups is 3. The number of ether oxygens (including phenoxy) is 1. The standard InChI is InChI=1S/C27H35ClN4O6S/c1-17(2)25(33)31-23-16-19(28)15-22(24(23)38-3)26(34)29-14-13-18-9-11-21(12-10-18)39(36,37)32-27(35)30-20-7-5-4-6-8-20/h9-12,15-17,20H,4-8,13-14H2,1-3H3,(H,29,34)(H,31,33)(H2,30,32,35). The van der Waals surface area contributed by atoms with Gasteiger partial charge in [-0.1, -0.05) is 56.8 Å². The number of hydrogen-bond acceptors (Lipinski definition) is 6. The van der Waals surface area contributed by atoms with Crippen molar-refractivity contribution in [3.05, 3.63) is 52.5 Å². The summed E-state index contributed by atoms with van der Waals surface area (Å²) in [6.45, 7) is 3.73. The maximum atomic E-state index is 12.9. The van der Waals surface area contributed by atoms with Gasteiger partial charge in [0.25, 0.3) is 15.9 Å². The second-order valence-electron chi connectivity index (χ2n) is 9.74. The van der Waals surface area contributed by atoms with Gasteiger partial charge in [0.2, 0.25) is 5.91 Å². The van der Waals surface area contributed by atoms with E-state index in [4.69, 9.17) is 16.3 Å². The van der Waals surface area contributed by atoms with Crippen LogP contribution in [0.4, 0.5) is 10.5 Å². The van der Waals surface area contributed by atoms with E-state index < -0.39 is 22.0 Å². The lowest BCUT2D eigenvalue weighted by atomic mass is 9.96. The Hall–Kier alpha value is -3.31. The molecule has 212 valence electrons. The number of amides is 4. The summed E-state index contributed by atoms with van der Waals surface area (Å²) in [7, 11) is -2.62. The first-order chi connectivity index (χ1) is 18.5. The van der Waals surface area contributed by atoms with E-state index in [1.54, 1.807) is 26.0 Å². The van der Waals surface area contributed by atoms with E-state index in [1.165, 1.54) is 31.4 Å². The van der Waals surface area contributed by atoms with Crippen molar-refractivity contribution in [2.45, 2.75) is 63.3 Å². The summed E-state index contributed by atoms with van der Waals surface area (Å²) < 4.78 is 32.7. The SMILES string of the molecule is COc1c(NC(=O)C(C)C)cc(Cl)cc1C(=O)NCCc1ccc(S(=O)(=O)NC(=O)NC2CCCCC2)cc1. The predicted molar refractivity (Wildman–Crippen MR) is 150 cm³/mol. The van der Waals surface area contributed by atoms with Gasteiger partial charge >= 0.3 is 6.03 Å². The zero-order valence-electron chi connectivity index (χ0n) is 22.3. The van der Waals surface area contributed by atoms with Gasteiger partial charge in [0, 0.05) is 23.5 Å². The Kier molecular flexibility index (Phi) is 10.6. The van der Waals surface area contributed by atoms with Crippen LogP contribution in [-0.2, 0) is 21.2 Å². The first-order valence-electron chi connectivity index (χ1n) is 12.9. The van der Waals surface area contributed by atoms with E-state index in [2.05, 4.69) is 20.7 Å². The van der Waals surface area contributed by atoms with Crippen LogP contribution in [0.3, 0.4) is 0 Å². The molecule has 1 saturated carbocycles. The van der Waals surface area contributed by atoms with Gasteiger partial charge in [-0.15, -0.1) is 0 Å². The first-order valence-corrected chi connectivity index (χ1v) is 14.7. The summed E-state index contributed by atoms with van der Waals surface area (Å²) in [5.74, 6) is -0.767. The van der Waals surface area contributed by atoms with Crippen molar-refractivity contribution < 1.29 is 27.5 Å². The number of methoxy groups -OCH3 is 1. The van der Waals surface area contributed by atoms with Gasteiger partial charge < -0.3 is 20.7 Å². The fraction of sp³-hybridized carbons (Fsp3) is 0.444. The van der Waals surface area contributed by atoms with Crippen LogP contribution in [0.5, 0.6) is 5.75 Å². The molecule has 0 bridgehead atoms. The monoisotopic (exact) mass is 578 g/mol. The van der Waals surface area contributed by atoms with Crippen molar-refractivity contribution in [2.75, 3.05) is 19.0 Å². The topological polar surface area (TPSA) is 143 Å². The Balaban J connectivity index is 1.57. The molecule has 1 fully saturated rings. The molecule has 0 unspecified atom stereocenters. The molecule has 2 aromatic carbocycles. The highest BCUT2D eigenvalue weighted by Crippen LogP contribution is 2.33. The van der Waals surface area contributed by atoms with Crippen LogP contribution in [0.25, 0.3) is 0 Å². The minimum Gasteiger partial charge on any atom is -0.494 e. The van der Waals surface area contributed by atoms with Gasteiger partial charge in [-0.2, -0.15) is 0 Å². The van der Waals surface area contributed by atoms with Crippen molar-refractivity contribution in [3.63, 3.8) is 0 Å². The molecule has 0 heterocycles. The van der Waals surface area contributed by atoms with E-state index in [-0.39, 0.29) is 45.6 Å². The van der Waals surface area contributed by atoms with Gasteiger partial charge in [0.1, 0.15) is 0 Å². The van der Waals surface area contributed by atoms with Crippen molar-refractivity contribution in [1.29, 1.82) is 0 Å². The number of halogens is 1. The van der Waals surface area contributed by atoms with Gasteiger partial charge in [0.05, 0.1) is 23.3 Å². The maximum Gasteiger partial charge on any atom is 0.328 e. The molecular weight excluding hydrogens is 544 g/mol. The minimum atomic E-state index is -4.02. The number of urea groups is 1. The Labute approximate surface area is 234 Å². The van der Waals surface area contributed by atoms with E-state index in [1.807, 2.05) is 0 Å². The molecule has 4 N–H and O–H groups in total. The predicted octanol–water partition coefficient (Wildman–Crippen LogP) is 4.24. The number of anilines is 1. The van der Waals surface area contributed by atoms with Crippen molar-refractivity contribution in [1.82, 2.24) is 15.4 Å². The minimum absolute atomic E-state index is 0.0104. The molecule has 0 spiro atoms. The quantitative estimate of drug-likeness (QED) is 0.332. The largest absolute Gasteiger partial charge is 0.494 e. The van der Waals surface area contributed by atoms with Gasteiger partial charge in [0.15, 0.2) is 5.75 Å². The third-order valence-electron chi connectivity index (χ3n) is 6.39. The van der Waals surface area contributed by atoms with Crippen LogP contribution in [-0.4, -0.2) is 46.0 Å². The summed E-state index contributed by atoms with van der Waals surface area (Å²) in [5, 5.41) is 8.50. The third kappa shape index (κ3) is 8.59. The van der Waals surface area contributed by atoms with Crippen LogP contribution in [0.15, 0.2) is 41.3 Å². The fourth-order valence-corrected chi connectivity index (χ4v) is 5.38. The molecule has 0 radical (unpaired) electrons. The molecule has 4 amide bonds. The Bertz CT molecular complexity index is 1290. The smallest absolute Gasteiger partial charge is 0.328 e. The molecule has 0 saturated heterocycles. The molecule has 39 heavy (non-hydrogen) atoms. The number of nitrogens with one attached hydrogen (secondary N) is 4. The van der Waals surface area contributed by atoms with Gasteiger partial charge in [-0.25, -0.2) is 17.9 Å². The van der Waals surface area contributed by atoms with Crippen LogP contribution in [0, 0.1) is 5.92 Å². The molecule has 2 aromatic rings. The van der Waals surface area contributed by atoms with Crippen molar-refractivity contribution in [3.8, 4) is 5.75 Å². The lowest BCUT2D eigenvalue weighted by Gasteiger charge is -2.22. The molecule has 10 nitrogen and oxygen atoms in total. The zero-order valence-corrected chi connectivity index (χ0v) is 23.9. The average molecular weight is 579 g/mol. The van der Waals surface area contributed by atoms with Crippen LogP contribution >= 0.6 is 11.6 Å². The first kappa shape index (κ1) is 30.2. The normalized spacial score (nSPS) is 14.0. The zero-order chi connectivity index (χ0) is 28.6. The fourth-order valence-electron chi connectivity index (χ4n) is 4.25.